The number of aromatic nitrogens is 3. The van der Waals surface area contributed by atoms with Crippen molar-refractivity contribution < 1.29 is 13.2 Å². The Morgan fingerprint density at radius 1 is 1.17 bits per heavy atom. The SMILES string of the molecule is CC1CCC(C)N(c2cc(C(F)(F)F)nc(-c3cccnc3)n2)C1. The first kappa shape index (κ1) is 16.7. The standard InChI is InChI=1S/C17H19F3N4/c1-11-5-6-12(2)24(10-11)15-8-14(17(18,19)20)22-16(23-15)13-4-3-7-21-9-13/h3-4,7-9,11-12H,5-6,10H2,1-2H3. The number of pyridine rings is 1. The summed E-state index contributed by atoms with van der Waals surface area (Å²) in [5.41, 5.74) is -0.445. The third kappa shape index (κ3) is 3.49. The van der Waals surface area contributed by atoms with E-state index in [1.54, 1.807) is 18.3 Å². The predicted octanol–water partition coefficient (Wildman–Crippen LogP) is 4.18. The maximum Gasteiger partial charge on any atom is 0.433 e. The van der Waals surface area contributed by atoms with Crippen molar-refractivity contribution in [1.29, 1.82) is 0 Å². The highest BCUT2D eigenvalue weighted by Gasteiger charge is 2.35. The normalized spacial score (nSPS) is 21.8. The minimum absolute atomic E-state index is 0.0540. The lowest BCUT2D eigenvalue weighted by molar-refractivity contribution is -0.141. The summed E-state index contributed by atoms with van der Waals surface area (Å²) in [6, 6.07) is 4.52. The predicted molar refractivity (Wildman–Crippen MR) is 85.5 cm³/mol. The van der Waals surface area contributed by atoms with Crippen LogP contribution < -0.4 is 4.90 Å². The molecule has 0 aliphatic carbocycles. The largest absolute Gasteiger partial charge is 0.433 e. The Morgan fingerprint density at radius 2 is 1.96 bits per heavy atom. The summed E-state index contributed by atoms with van der Waals surface area (Å²) in [6.07, 6.45) is 0.534. The van der Waals surface area contributed by atoms with E-state index in [2.05, 4.69) is 21.9 Å². The molecule has 2 unspecified atom stereocenters. The Labute approximate surface area is 138 Å². The Morgan fingerprint density at radius 3 is 2.62 bits per heavy atom. The first-order chi connectivity index (χ1) is 11.3. The zero-order valence-electron chi connectivity index (χ0n) is 13.6. The molecule has 1 saturated heterocycles. The average Bonchev–Trinajstić information content (AvgIpc) is 2.56. The highest BCUT2D eigenvalue weighted by Crippen LogP contribution is 2.33. The monoisotopic (exact) mass is 336 g/mol. The third-order valence-corrected chi connectivity index (χ3v) is 4.33. The molecule has 0 N–H and O–H groups in total. The van der Waals surface area contributed by atoms with Crippen LogP contribution in [0.25, 0.3) is 11.4 Å². The van der Waals surface area contributed by atoms with Gasteiger partial charge in [-0.2, -0.15) is 13.2 Å². The molecule has 1 aliphatic rings. The molecule has 4 nitrogen and oxygen atoms in total. The van der Waals surface area contributed by atoms with Gasteiger partial charge in [-0.25, -0.2) is 9.97 Å². The summed E-state index contributed by atoms with van der Waals surface area (Å²) in [5.74, 6) is 0.806. The van der Waals surface area contributed by atoms with E-state index < -0.39 is 11.9 Å². The topological polar surface area (TPSA) is 41.9 Å². The summed E-state index contributed by atoms with van der Waals surface area (Å²) < 4.78 is 39.8. The molecular formula is C17H19F3N4. The van der Waals surface area contributed by atoms with Gasteiger partial charge in [0.1, 0.15) is 5.82 Å². The van der Waals surface area contributed by atoms with E-state index in [0.717, 1.165) is 18.9 Å². The second-order valence-corrected chi connectivity index (χ2v) is 6.36. The molecule has 0 saturated carbocycles. The van der Waals surface area contributed by atoms with E-state index in [1.165, 1.54) is 6.20 Å². The van der Waals surface area contributed by atoms with Crippen molar-refractivity contribution >= 4 is 5.82 Å². The van der Waals surface area contributed by atoms with Gasteiger partial charge in [0.05, 0.1) is 0 Å². The van der Waals surface area contributed by atoms with Crippen LogP contribution in [0.4, 0.5) is 19.0 Å². The molecule has 7 heteroatoms. The number of rotatable bonds is 2. The van der Waals surface area contributed by atoms with Crippen molar-refractivity contribution in [3.63, 3.8) is 0 Å². The van der Waals surface area contributed by atoms with Crippen LogP contribution in [0.3, 0.4) is 0 Å². The van der Waals surface area contributed by atoms with Gasteiger partial charge in [0.2, 0.25) is 0 Å². The number of nitrogens with zero attached hydrogens (tertiary/aromatic N) is 4. The summed E-state index contributed by atoms with van der Waals surface area (Å²) in [7, 11) is 0. The molecule has 128 valence electrons. The van der Waals surface area contributed by atoms with E-state index in [9.17, 15) is 13.2 Å². The maximum atomic E-state index is 13.3. The molecule has 0 radical (unpaired) electrons. The number of piperidine rings is 1. The Bertz CT molecular complexity index is 703. The number of anilines is 1. The van der Waals surface area contributed by atoms with Crippen molar-refractivity contribution in [3.8, 4) is 11.4 Å². The number of halogens is 3. The lowest BCUT2D eigenvalue weighted by atomic mass is 9.95. The van der Waals surface area contributed by atoms with E-state index >= 15 is 0 Å². The summed E-state index contributed by atoms with van der Waals surface area (Å²) in [6.45, 7) is 4.82. The van der Waals surface area contributed by atoms with Gasteiger partial charge < -0.3 is 4.90 Å². The van der Waals surface area contributed by atoms with Gasteiger partial charge in [0, 0.05) is 36.6 Å². The molecular weight excluding hydrogens is 317 g/mol. The molecule has 2 atom stereocenters. The second kappa shape index (κ2) is 6.37. The highest BCUT2D eigenvalue weighted by molar-refractivity contribution is 5.57. The van der Waals surface area contributed by atoms with Crippen LogP contribution in [0.1, 0.15) is 32.4 Å². The van der Waals surface area contributed by atoms with Gasteiger partial charge in [-0.15, -0.1) is 0 Å². The molecule has 0 bridgehead atoms. The molecule has 3 rings (SSSR count). The van der Waals surface area contributed by atoms with Crippen LogP contribution in [-0.2, 0) is 6.18 Å². The van der Waals surface area contributed by atoms with Crippen molar-refractivity contribution in [2.45, 2.75) is 38.9 Å². The zero-order chi connectivity index (χ0) is 17.3. The van der Waals surface area contributed by atoms with Crippen LogP contribution in [-0.4, -0.2) is 27.5 Å². The number of alkyl halides is 3. The van der Waals surface area contributed by atoms with Crippen molar-refractivity contribution in [2.24, 2.45) is 5.92 Å². The smallest absolute Gasteiger partial charge is 0.354 e. The molecule has 24 heavy (non-hydrogen) atoms. The van der Waals surface area contributed by atoms with Crippen molar-refractivity contribution in [1.82, 2.24) is 15.0 Å². The molecule has 0 aromatic carbocycles. The van der Waals surface area contributed by atoms with E-state index in [0.29, 0.717) is 23.8 Å². The van der Waals surface area contributed by atoms with Crippen LogP contribution >= 0.6 is 0 Å². The maximum absolute atomic E-state index is 13.3. The summed E-state index contributed by atoms with van der Waals surface area (Å²) in [5, 5.41) is 0. The second-order valence-electron chi connectivity index (χ2n) is 6.36. The molecule has 2 aromatic heterocycles. The Balaban J connectivity index is 2.08. The van der Waals surface area contributed by atoms with Crippen LogP contribution in [0, 0.1) is 5.92 Å². The van der Waals surface area contributed by atoms with Crippen LogP contribution in [0.2, 0.25) is 0 Å². The van der Waals surface area contributed by atoms with E-state index in [-0.39, 0.29) is 11.9 Å². The van der Waals surface area contributed by atoms with Gasteiger partial charge in [0.15, 0.2) is 11.5 Å². The van der Waals surface area contributed by atoms with Gasteiger partial charge in [0.25, 0.3) is 0 Å². The van der Waals surface area contributed by atoms with Crippen molar-refractivity contribution in [2.75, 3.05) is 11.4 Å². The lowest BCUT2D eigenvalue weighted by Crippen LogP contribution is -2.41. The van der Waals surface area contributed by atoms with E-state index in [1.807, 2.05) is 11.8 Å². The van der Waals surface area contributed by atoms with Gasteiger partial charge in [-0.1, -0.05) is 6.92 Å². The number of hydrogen-bond acceptors (Lipinski definition) is 4. The first-order valence-electron chi connectivity index (χ1n) is 7.98. The van der Waals surface area contributed by atoms with Gasteiger partial charge in [-0.05, 0) is 37.8 Å². The summed E-state index contributed by atoms with van der Waals surface area (Å²) in [4.78, 5) is 14.0. The van der Waals surface area contributed by atoms with Gasteiger partial charge >= 0.3 is 6.18 Å². The minimum atomic E-state index is -4.51. The quantitative estimate of drug-likeness (QED) is 0.825. The number of hydrogen-bond donors (Lipinski definition) is 0. The lowest BCUT2D eigenvalue weighted by Gasteiger charge is -2.38. The Kier molecular flexibility index (Phi) is 4.43. The average molecular weight is 336 g/mol. The molecule has 1 aliphatic heterocycles. The van der Waals surface area contributed by atoms with Gasteiger partial charge in [-0.3, -0.25) is 4.98 Å². The highest BCUT2D eigenvalue weighted by atomic mass is 19.4. The molecule has 0 spiro atoms. The fourth-order valence-electron chi connectivity index (χ4n) is 2.96. The molecule has 1 fully saturated rings. The van der Waals surface area contributed by atoms with Crippen LogP contribution in [0.15, 0.2) is 30.6 Å². The molecule has 0 amide bonds. The van der Waals surface area contributed by atoms with Crippen molar-refractivity contribution in [3.05, 3.63) is 36.3 Å². The molecule has 2 aromatic rings. The Hall–Kier alpha value is -2.18. The fraction of sp³-hybridized carbons (Fsp3) is 0.471. The third-order valence-electron chi connectivity index (χ3n) is 4.33. The summed E-state index contributed by atoms with van der Waals surface area (Å²) >= 11 is 0. The molecule has 3 heterocycles. The van der Waals surface area contributed by atoms with E-state index in [4.69, 9.17) is 0 Å². The zero-order valence-corrected chi connectivity index (χ0v) is 13.6. The fourth-order valence-corrected chi connectivity index (χ4v) is 2.96. The minimum Gasteiger partial charge on any atom is -0.354 e. The first-order valence-corrected chi connectivity index (χ1v) is 7.98. The van der Waals surface area contributed by atoms with Crippen LogP contribution in [0.5, 0.6) is 0 Å².